The van der Waals surface area contributed by atoms with Crippen LogP contribution in [-0.2, 0) is 11.2 Å². The van der Waals surface area contributed by atoms with Crippen molar-refractivity contribution in [3.05, 3.63) is 34.3 Å². The van der Waals surface area contributed by atoms with Crippen molar-refractivity contribution in [2.24, 2.45) is 0 Å². The predicted molar refractivity (Wildman–Crippen MR) is 58.2 cm³/mol. The zero-order chi connectivity index (χ0) is 11.4. The van der Waals surface area contributed by atoms with E-state index in [-0.39, 0.29) is 0 Å². The highest BCUT2D eigenvalue weighted by molar-refractivity contribution is 6.33. The number of rotatable bonds is 3. The molecule has 1 atom stereocenters. The SMILES string of the molecule is COC(=O)c1ccc(C[C@H](C)O)cc1Cl. The summed E-state index contributed by atoms with van der Waals surface area (Å²) in [5.41, 5.74) is 1.23. The third-order valence-corrected chi connectivity index (χ3v) is 2.28. The molecule has 0 amide bonds. The lowest BCUT2D eigenvalue weighted by Crippen LogP contribution is -2.06. The van der Waals surface area contributed by atoms with Gasteiger partial charge < -0.3 is 9.84 Å². The van der Waals surface area contributed by atoms with E-state index in [2.05, 4.69) is 4.74 Å². The van der Waals surface area contributed by atoms with Crippen LogP contribution in [0.1, 0.15) is 22.8 Å². The molecular weight excluding hydrogens is 216 g/mol. The minimum atomic E-state index is -0.455. The lowest BCUT2D eigenvalue weighted by Gasteiger charge is -2.07. The third-order valence-electron chi connectivity index (χ3n) is 1.97. The maximum atomic E-state index is 11.2. The molecule has 0 aliphatic heterocycles. The van der Waals surface area contributed by atoms with Crippen molar-refractivity contribution in [3.8, 4) is 0 Å². The number of ether oxygens (including phenoxy) is 1. The van der Waals surface area contributed by atoms with Gasteiger partial charge in [0.2, 0.25) is 0 Å². The predicted octanol–water partition coefficient (Wildman–Crippen LogP) is 2.05. The molecule has 1 aromatic carbocycles. The van der Waals surface area contributed by atoms with Crippen molar-refractivity contribution in [3.63, 3.8) is 0 Å². The van der Waals surface area contributed by atoms with Crippen LogP contribution in [0.3, 0.4) is 0 Å². The third kappa shape index (κ3) is 3.22. The second kappa shape index (κ2) is 5.14. The van der Waals surface area contributed by atoms with Crippen molar-refractivity contribution in [2.45, 2.75) is 19.4 Å². The van der Waals surface area contributed by atoms with Gasteiger partial charge in [0.1, 0.15) is 0 Å². The van der Waals surface area contributed by atoms with Crippen LogP contribution in [-0.4, -0.2) is 24.3 Å². The Morgan fingerprint density at radius 3 is 2.73 bits per heavy atom. The van der Waals surface area contributed by atoms with Crippen LogP contribution in [0.2, 0.25) is 5.02 Å². The molecule has 15 heavy (non-hydrogen) atoms. The molecule has 0 unspecified atom stereocenters. The second-order valence-electron chi connectivity index (χ2n) is 3.36. The average molecular weight is 229 g/mol. The number of benzene rings is 1. The molecule has 0 bridgehead atoms. The molecular formula is C11H13ClO3. The fraction of sp³-hybridized carbons (Fsp3) is 0.364. The summed E-state index contributed by atoms with van der Waals surface area (Å²) in [5.74, 6) is -0.455. The van der Waals surface area contributed by atoms with E-state index < -0.39 is 12.1 Å². The summed E-state index contributed by atoms with van der Waals surface area (Å²) in [7, 11) is 1.31. The van der Waals surface area contributed by atoms with Gasteiger partial charge in [0.15, 0.2) is 0 Å². The van der Waals surface area contributed by atoms with E-state index in [1.54, 1.807) is 25.1 Å². The summed E-state index contributed by atoms with van der Waals surface area (Å²) in [4.78, 5) is 11.2. The Morgan fingerprint density at radius 1 is 1.60 bits per heavy atom. The minimum absolute atomic E-state index is 0.341. The van der Waals surface area contributed by atoms with Gasteiger partial charge in [0.05, 0.1) is 23.8 Å². The minimum Gasteiger partial charge on any atom is -0.465 e. The first kappa shape index (κ1) is 12.0. The van der Waals surface area contributed by atoms with Gasteiger partial charge in [-0.15, -0.1) is 0 Å². The number of aliphatic hydroxyl groups is 1. The molecule has 0 saturated heterocycles. The molecule has 4 heteroatoms. The van der Waals surface area contributed by atoms with Crippen molar-refractivity contribution in [1.29, 1.82) is 0 Å². The van der Waals surface area contributed by atoms with Crippen LogP contribution in [0.5, 0.6) is 0 Å². The second-order valence-corrected chi connectivity index (χ2v) is 3.77. The number of esters is 1. The number of hydrogen-bond donors (Lipinski definition) is 1. The molecule has 1 rings (SSSR count). The van der Waals surface area contributed by atoms with Gasteiger partial charge in [-0.05, 0) is 31.0 Å². The highest BCUT2D eigenvalue weighted by Crippen LogP contribution is 2.19. The van der Waals surface area contributed by atoms with E-state index in [1.807, 2.05) is 0 Å². The van der Waals surface area contributed by atoms with E-state index in [9.17, 15) is 9.90 Å². The fourth-order valence-electron chi connectivity index (χ4n) is 1.30. The molecule has 3 nitrogen and oxygen atoms in total. The molecule has 0 saturated carbocycles. The van der Waals surface area contributed by atoms with E-state index in [0.717, 1.165) is 5.56 Å². The fourth-order valence-corrected chi connectivity index (χ4v) is 1.58. The van der Waals surface area contributed by atoms with Gasteiger partial charge in [-0.2, -0.15) is 0 Å². The summed E-state index contributed by atoms with van der Waals surface area (Å²) in [6, 6.07) is 5.03. The van der Waals surface area contributed by atoms with Gasteiger partial charge in [-0.1, -0.05) is 17.7 Å². The highest BCUT2D eigenvalue weighted by Gasteiger charge is 2.11. The van der Waals surface area contributed by atoms with Crippen molar-refractivity contribution in [2.75, 3.05) is 7.11 Å². The van der Waals surface area contributed by atoms with Crippen LogP contribution in [0.25, 0.3) is 0 Å². The van der Waals surface area contributed by atoms with Crippen LogP contribution >= 0.6 is 11.6 Å². The molecule has 0 spiro atoms. The van der Waals surface area contributed by atoms with Crippen molar-refractivity contribution < 1.29 is 14.6 Å². The number of methoxy groups -OCH3 is 1. The maximum absolute atomic E-state index is 11.2. The zero-order valence-corrected chi connectivity index (χ0v) is 9.41. The van der Waals surface area contributed by atoms with Crippen molar-refractivity contribution >= 4 is 17.6 Å². The average Bonchev–Trinajstić information content (AvgIpc) is 2.16. The van der Waals surface area contributed by atoms with Gasteiger partial charge in [-0.3, -0.25) is 0 Å². The largest absolute Gasteiger partial charge is 0.465 e. The van der Waals surface area contributed by atoms with Crippen LogP contribution < -0.4 is 0 Å². The molecule has 0 fully saturated rings. The summed E-state index contributed by atoms with van der Waals surface area (Å²) < 4.78 is 4.57. The van der Waals surface area contributed by atoms with E-state index in [0.29, 0.717) is 17.0 Å². The Morgan fingerprint density at radius 2 is 2.27 bits per heavy atom. The molecule has 0 aromatic heterocycles. The molecule has 1 N–H and O–H groups in total. The molecule has 82 valence electrons. The Hall–Kier alpha value is -1.06. The molecule has 1 aromatic rings. The Bertz CT molecular complexity index is 361. The van der Waals surface area contributed by atoms with Crippen LogP contribution in [0, 0.1) is 0 Å². The van der Waals surface area contributed by atoms with Crippen LogP contribution in [0.4, 0.5) is 0 Å². The van der Waals surface area contributed by atoms with E-state index >= 15 is 0 Å². The van der Waals surface area contributed by atoms with Gasteiger partial charge >= 0.3 is 5.97 Å². The number of aliphatic hydroxyl groups excluding tert-OH is 1. The number of carbonyl (C=O) groups excluding carboxylic acids is 1. The summed E-state index contributed by atoms with van der Waals surface area (Å²) in [6.45, 7) is 1.70. The summed E-state index contributed by atoms with van der Waals surface area (Å²) >= 11 is 5.90. The topological polar surface area (TPSA) is 46.5 Å². The Balaban J connectivity index is 2.93. The molecule has 0 heterocycles. The van der Waals surface area contributed by atoms with E-state index in [1.165, 1.54) is 7.11 Å². The monoisotopic (exact) mass is 228 g/mol. The lowest BCUT2D eigenvalue weighted by atomic mass is 10.1. The number of hydrogen-bond acceptors (Lipinski definition) is 3. The van der Waals surface area contributed by atoms with Crippen molar-refractivity contribution in [1.82, 2.24) is 0 Å². The van der Waals surface area contributed by atoms with E-state index in [4.69, 9.17) is 11.6 Å². The smallest absolute Gasteiger partial charge is 0.339 e. The lowest BCUT2D eigenvalue weighted by molar-refractivity contribution is 0.0601. The molecule has 0 aliphatic carbocycles. The van der Waals surface area contributed by atoms with Gasteiger partial charge in [-0.25, -0.2) is 4.79 Å². The first-order chi connectivity index (χ1) is 7.04. The zero-order valence-electron chi connectivity index (χ0n) is 8.66. The quantitative estimate of drug-likeness (QED) is 0.806. The van der Waals surface area contributed by atoms with Gasteiger partial charge in [0, 0.05) is 0 Å². The summed E-state index contributed by atoms with van der Waals surface area (Å²) in [5, 5.41) is 9.53. The molecule has 0 aliphatic rings. The summed E-state index contributed by atoms with van der Waals surface area (Å²) in [6.07, 6.45) is 0.0892. The normalized spacial score (nSPS) is 12.3. The Labute approximate surface area is 93.6 Å². The van der Waals surface area contributed by atoms with Crippen LogP contribution in [0.15, 0.2) is 18.2 Å². The maximum Gasteiger partial charge on any atom is 0.339 e. The highest BCUT2D eigenvalue weighted by atomic mass is 35.5. The first-order valence-electron chi connectivity index (χ1n) is 4.59. The Kier molecular flexibility index (Phi) is 4.12. The first-order valence-corrected chi connectivity index (χ1v) is 4.97. The number of carbonyl (C=O) groups is 1. The number of halogens is 1. The molecule has 0 radical (unpaired) electrons. The standard InChI is InChI=1S/C11H13ClO3/c1-7(13)5-8-3-4-9(10(12)6-8)11(14)15-2/h3-4,6-7,13H,5H2,1-2H3/t7-/m0/s1. The van der Waals surface area contributed by atoms with Gasteiger partial charge in [0.25, 0.3) is 0 Å².